The molecule has 0 radical (unpaired) electrons. The van der Waals surface area contributed by atoms with Crippen LogP contribution in [-0.4, -0.2) is 67.3 Å². The number of imidazole rings is 1. The number of benzene rings is 1. The van der Waals surface area contributed by atoms with Crippen LogP contribution in [0.15, 0.2) is 55.0 Å². The van der Waals surface area contributed by atoms with Crippen LogP contribution in [0, 0.1) is 0 Å². The van der Waals surface area contributed by atoms with E-state index in [9.17, 15) is 22.8 Å². The molecule has 212 valence electrons. The Labute approximate surface area is 233 Å². The first-order valence-corrected chi connectivity index (χ1v) is 13.2. The molecule has 0 spiro atoms. The fraction of sp³-hybridized carbons (Fsp3) is 0.321. The molecular formula is C28H27F3N8O2. The first-order valence-electron chi connectivity index (χ1n) is 13.2. The van der Waals surface area contributed by atoms with Gasteiger partial charge in [-0.15, -0.1) is 0 Å². The van der Waals surface area contributed by atoms with Gasteiger partial charge >= 0.3 is 12.2 Å². The average Bonchev–Trinajstić information content (AvgIpc) is 3.36. The highest BCUT2D eigenvalue weighted by atomic mass is 19.4. The fourth-order valence-corrected chi connectivity index (χ4v) is 5.65. The smallest absolute Gasteiger partial charge is 0.382 e. The van der Waals surface area contributed by atoms with Crippen molar-refractivity contribution in [2.45, 2.75) is 37.4 Å². The molecule has 2 aliphatic rings. The molecule has 3 N–H and O–H groups in total. The van der Waals surface area contributed by atoms with Gasteiger partial charge in [-0.2, -0.15) is 13.2 Å². The van der Waals surface area contributed by atoms with Gasteiger partial charge in [-0.05, 0) is 43.5 Å². The quantitative estimate of drug-likeness (QED) is 0.372. The number of hydrogen-bond donors (Lipinski definition) is 2. The molecule has 13 heteroatoms. The largest absolute Gasteiger partial charge is 0.416 e. The van der Waals surface area contributed by atoms with Crippen molar-refractivity contribution in [3.05, 3.63) is 71.9 Å². The number of piperidine rings is 1. The van der Waals surface area contributed by atoms with Gasteiger partial charge in [0.15, 0.2) is 0 Å². The summed E-state index contributed by atoms with van der Waals surface area (Å²) < 4.78 is 41.0. The van der Waals surface area contributed by atoms with Crippen molar-refractivity contribution in [2.24, 2.45) is 0 Å². The summed E-state index contributed by atoms with van der Waals surface area (Å²) in [5.74, 6) is 0.260. The van der Waals surface area contributed by atoms with Crippen LogP contribution >= 0.6 is 0 Å². The zero-order valence-corrected chi connectivity index (χ0v) is 22.1. The van der Waals surface area contributed by atoms with E-state index in [2.05, 4.69) is 15.3 Å². The number of fused-ring (bicyclic) bond motifs is 2. The van der Waals surface area contributed by atoms with Crippen LogP contribution in [-0.2, 0) is 6.18 Å². The monoisotopic (exact) mass is 564 g/mol. The Bertz CT molecular complexity index is 1640. The minimum Gasteiger partial charge on any atom is -0.382 e. The summed E-state index contributed by atoms with van der Waals surface area (Å²) in [6.07, 6.45) is 2.57. The van der Waals surface area contributed by atoms with Crippen LogP contribution in [0.25, 0.3) is 16.8 Å². The molecular weight excluding hydrogens is 537 g/mol. The number of nitrogens with two attached hydrogens (primary N) is 1. The second-order valence-electron chi connectivity index (χ2n) is 10.4. The first kappa shape index (κ1) is 26.5. The maximum Gasteiger partial charge on any atom is 0.416 e. The van der Waals surface area contributed by atoms with Gasteiger partial charge in [-0.3, -0.25) is 9.20 Å². The number of nitrogens with one attached hydrogen (secondary N) is 1. The number of nitrogens with zero attached hydrogens (tertiary/aromatic N) is 6. The van der Waals surface area contributed by atoms with Crippen LogP contribution in [0.2, 0.25) is 0 Å². The van der Waals surface area contributed by atoms with Gasteiger partial charge in [0, 0.05) is 61.8 Å². The van der Waals surface area contributed by atoms with E-state index >= 15 is 0 Å². The maximum atomic E-state index is 13.0. The van der Waals surface area contributed by atoms with Gasteiger partial charge in [0.05, 0.1) is 5.56 Å². The standard InChI is InChI=1S/C28H27F3N8O2/c1-37-12-9-20-7-6-18(15-39(20)27(37)41)25-36-22(23-24(32)34-11-13-38(23)25)16-2-4-17(5-3-16)26(40)35-21-14-19(8-10-33-21)28(29,30)31/h2-5,8,10-11,13-14,18,20H,6-7,9,12,15H2,1H3,(H2,32,34)(H,33,35,40)/t18-,20+/m1/s1. The second-order valence-corrected chi connectivity index (χ2v) is 10.4. The molecule has 2 aliphatic heterocycles. The maximum absolute atomic E-state index is 13.0. The summed E-state index contributed by atoms with van der Waals surface area (Å²) in [6.45, 7) is 1.31. The van der Waals surface area contributed by atoms with E-state index in [-0.39, 0.29) is 29.4 Å². The van der Waals surface area contributed by atoms with Crippen molar-refractivity contribution in [2.75, 3.05) is 31.2 Å². The van der Waals surface area contributed by atoms with E-state index in [1.54, 1.807) is 41.6 Å². The highest BCUT2D eigenvalue weighted by molar-refractivity contribution is 6.04. The number of anilines is 2. The van der Waals surface area contributed by atoms with Crippen molar-refractivity contribution >= 4 is 29.1 Å². The van der Waals surface area contributed by atoms with Crippen LogP contribution in [0.3, 0.4) is 0 Å². The lowest BCUT2D eigenvalue weighted by Crippen LogP contribution is -2.56. The summed E-state index contributed by atoms with van der Waals surface area (Å²) in [5.41, 5.74) is 7.51. The molecule has 3 aromatic heterocycles. The highest BCUT2D eigenvalue weighted by Crippen LogP contribution is 2.37. The molecule has 0 bridgehead atoms. The topological polar surface area (TPSA) is 122 Å². The molecule has 3 amide bonds. The number of carbonyl (C=O) groups excluding carboxylic acids is 2. The zero-order chi connectivity index (χ0) is 28.9. The number of aromatic nitrogens is 4. The molecule has 2 atom stereocenters. The first-order chi connectivity index (χ1) is 19.6. The SMILES string of the molecule is CN1CC[C@@H]2CC[C@@H](c3nc(-c4ccc(C(=O)Nc5cc(C(F)(F)F)ccn5)cc4)c4c(N)nccn34)CN2C1=O. The van der Waals surface area contributed by atoms with Gasteiger partial charge in [0.1, 0.15) is 28.7 Å². The number of alkyl halides is 3. The van der Waals surface area contributed by atoms with Crippen LogP contribution in [0.4, 0.5) is 29.6 Å². The molecule has 2 saturated heterocycles. The van der Waals surface area contributed by atoms with Gasteiger partial charge in [0.2, 0.25) is 0 Å². The molecule has 1 aromatic carbocycles. The summed E-state index contributed by atoms with van der Waals surface area (Å²) in [4.78, 5) is 42.3. The summed E-state index contributed by atoms with van der Waals surface area (Å²) in [5, 5.41) is 2.41. The Hall–Kier alpha value is -4.68. The highest BCUT2D eigenvalue weighted by Gasteiger charge is 2.38. The Morgan fingerprint density at radius 1 is 1.07 bits per heavy atom. The normalized spacial score (nSPS) is 19.4. The fourth-order valence-electron chi connectivity index (χ4n) is 5.65. The Balaban J connectivity index is 1.28. The van der Waals surface area contributed by atoms with E-state index in [1.165, 1.54) is 0 Å². The molecule has 10 nitrogen and oxygen atoms in total. The molecule has 0 saturated carbocycles. The van der Waals surface area contributed by atoms with Crippen LogP contribution < -0.4 is 11.1 Å². The molecule has 2 fully saturated rings. The lowest BCUT2D eigenvalue weighted by Gasteiger charge is -2.45. The van der Waals surface area contributed by atoms with Gasteiger partial charge in [-0.25, -0.2) is 19.7 Å². The lowest BCUT2D eigenvalue weighted by atomic mass is 9.89. The number of hydrogen-bond acceptors (Lipinski definition) is 6. The number of carbonyl (C=O) groups is 2. The van der Waals surface area contributed by atoms with Crippen LogP contribution in [0.1, 0.15) is 46.9 Å². The number of halogens is 3. The minimum atomic E-state index is -4.55. The van der Waals surface area contributed by atoms with E-state index in [0.29, 0.717) is 29.1 Å². The van der Waals surface area contributed by atoms with Crippen molar-refractivity contribution in [1.82, 2.24) is 29.2 Å². The Morgan fingerprint density at radius 3 is 2.61 bits per heavy atom. The zero-order valence-electron chi connectivity index (χ0n) is 22.1. The number of amides is 3. The predicted octanol–water partition coefficient (Wildman–Crippen LogP) is 4.65. The third-order valence-corrected chi connectivity index (χ3v) is 7.80. The molecule has 0 unspecified atom stereocenters. The second kappa shape index (κ2) is 10.1. The van der Waals surface area contributed by atoms with E-state index in [4.69, 9.17) is 10.7 Å². The number of rotatable bonds is 4. The van der Waals surface area contributed by atoms with E-state index < -0.39 is 17.6 Å². The summed E-state index contributed by atoms with van der Waals surface area (Å²) in [7, 11) is 1.82. The molecule has 41 heavy (non-hydrogen) atoms. The van der Waals surface area contributed by atoms with Gasteiger partial charge in [-0.1, -0.05) is 12.1 Å². The Morgan fingerprint density at radius 2 is 1.85 bits per heavy atom. The van der Waals surface area contributed by atoms with Gasteiger partial charge in [0.25, 0.3) is 5.91 Å². The van der Waals surface area contributed by atoms with Gasteiger partial charge < -0.3 is 20.9 Å². The van der Waals surface area contributed by atoms with Crippen LogP contribution in [0.5, 0.6) is 0 Å². The summed E-state index contributed by atoms with van der Waals surface area (Å²) in [6, 6.07) is 8.40. The lowest BCUT2D eigenvalue weighted by molar-refractivity contribution is -0.137. The minimum absolute atomic E-state index is 0.00485. The van der Waals surface area contributed by atoms with E-state index in [0.717, 1.165) is 50.0 Å². The van der Waals surface area contributed by atoms with Crippen molar-refractivity contribution < 1.29 is 22.8 Å². The number of urea groups is 1. The molecule has 4 aromatic rings. The third kappa shape index (κ3) is 4.92. The average molecular weight is 565 g/mol. The van der Waals surface area contributed by atoms with Crippen molar-refractivity contribution in [3.63, 3.8) is 0 Å². The Kier molecular flexibility index (Phi) is 6.51. The molecule has 6 rings (SSSR count). The molecule has 5 heterocycles. The predicted molar refractivity (Wildman–Crippen MR) is 145 cm³/mol. The van der Waals surface area contributed by atoms with Crippen molar-refractivity contribution in [1.29, 1.82) is 0 Å². The third-order valence-electron chi connectivity index (χ3n) is 7.80. The summed E-state index contributed by atoms with van der Waals surface area (Å²) >= 11 is 0. The number of pyridine rings is 1. The van der Waals surface area contributed by atoms with E-state index in [1.807, 2.05) is 16.3 Å². The van der Waals surface area contributed by atoms with Crippen molar-refractivity contribution in [3.8, 4) is 11.3 Å². The molecule has 0 aliphatic carbocycles. The number of nitrogen functional groups attached to an aromatic ring is 1.